The van der Waals surface area contributed by atoms with E-state index in [1.54, 1.807) is 6.08 Å². The van der Waals surface area contributed by atoms with E-state index in [1.165, 1.54) is 6.26 Å². The maximum Gasteiger partial charge on any atom is 0.169 e. The van der Waals surface area contributed by atoms with E-state index in [-0.39, 0.29) is 10.9 Å². The number of alkyl halides is 1. The molecular weight excluding hydrogens is 172 g/mol. The Balaban J connectivity index is 2.50. The minimum atomic E-state index is -0.310. The Morgan fingerprint density at radius 2 is 2.50 bits per heavy atom. The number of ether oxygens (including phenoxy) is 1. The van der Waals surface area contributed by atoms with Crippen LogP contribution in [0.25, 0.3) is 0 Å². The summed E-state index contributed by atoms with van der Waals surface area (Å²) in [6, 6.07) is 0. The topological polar surface area (TPSA) is 26.3 Å². The van der Waals surface area contributed by atoms with E-state index in [9.17, 15) is 4.79 Å². The molecule has 0 saturated heterocycles. The molecule has 2 nitrogen and oxygen atoms in total. The van der Waals surface area contributed by atoms with Crippen LogP contribution in [0.3, 0.4) is 0 Å². The van der Waals surface area contributed by atoms with E-state index in [2.05, 4.69) is 15.9 Å². The molecule has 1 rings (SSSR count). The van der Waals surface area contributed by atoms with Gasteiger partial charge in [-0.2, -0.15) is 0 Å². The van der Waals surface area contributed by atoms with E-state index in [0.29, 0.717) is 0 Å². The Hall–Kier alpha value is -0.310. The molecule has 0 aromatic heterocycles. The van der Waals surface area contributed by atoms with Crippen LogP contribution in [0.4, 0.5) is 0 Å². The maximum atomic E-state index is 10.0. The lowest BCUT2D eigenvalue weighted by Gasteiger charge is -2.02. The normalized spacial score (nSPS) is 34.6. The highest BCUT2D eigenvalue weighted by atomic mass is 79.9. The zero-order chi connectivity index (χ0) is 5.98. The van der Waals surface area contributed by atoms with Gasteiger partial charge in [-0.05, 0) is 6.08 Å². The molecule has 0 aromatic rings. The van der Waals surface area contributed by atoms with Gasteiger partial charge in [0.1, 0.15) is 0 Å². The smallest absolute Gasteiger partial charge is 0.169 e. The van der Waals surface area contributed by atoms with Crippen LogP contribution < -0.4 is 0 Å². The number of halogens is 1. The van der Waals surface area contributed by atoms with Gasteiger partial charge in [0.05, 0.1) is 11.1 Å². The Kier molecular flexibility index (Phi) is 1.68. The lowest BCUT2D eigenvalue weighted by atomic mass is 10.3. The molecule has 1 heterocycles. The van der Waals surface area contributed by atoms with Crippen molar-refractivity contribution < 1.29 is 9.53 Å². The number of carbonyl (C=O) groups excluding carboxylic acids is 1. The van der Waals surface area contributed by atoms with E-state index >= 15 is 0 Å². The summed E-state index contributed by atoms with van der Waals surface area (Å²) in [6.07, 6.45) is 3.78. The quantitative estimate of drug-likeness (QED) is 0.438. The van der Waals surface area contributed by atoms with Crippen molar-refractivity contribution in [3.05, 3.63) is 12.3 Å². The first kappa shape index (κ1) is 5.82. The minimum absolute atomic E-state index is 0.0694. The van der Waals surface area contributed by atoms with Crippen LogP contribution in [0.15, 0.2) is 12.3 Å². The predicted octanol–water partition coefficient (Wildman–Crippen LogP) is 0.861. The zero-order valence-electron chi connectivity index (χ0n) is 4.08. The van der Waals surface area contributed by atoms with Gasteiger partial charge in [0.2, 0.25) is 0 Å². The average molecular weight is 177 g/mol. The number of carbonyl (C=O) groups is 1. The standard InChI is InChI=1S/C5H5BrO2/c6-4-1-2-8-5(4)3-7/h1-5H. The Morgan fingerprint density at radius 3 is 2.75 bits per heavy atom. The second-order valence-electron chi connectivity index (χ2n) is 1.51. The van der Waals surface area contributed by atoms with Crippen molar-refractivity contribution >= 4 is 22.2 Å². The van der Waals surface area contributed by atoms with Crippen molar-refractivity contribution in [1.29, 1.82) is 0 Å². The van der Waals surface area contributed by atoms with E-state index in [4.69, 9.17) is 4.74 Å². The Bertz CT molecular complexity index is 122. The summed E-state index contributed by atoms with van der Waals surface area (Å²) in [5.74, 6) is 0. The third kappa shape index (κ3) is 0.916. The van der Waals surface area contributed by atoms with E-state index in [0.717, 1.165) is 6.29 Å². The third-order valence-corrected chi connectivity index (χ3v) is 1.77. The number of hydrogen-bond donors (Lipinski definition) is 0. The van der Waals surface area contributed by atoms with Crippen LogP contribution in [0.2, 0.25) is 0 Å². The summed E-state index contributed by atoms with van der Waals surface area (Å²) < 4.78 is 4.82. The zero-order valence-corrected chi connectivity index (χ0v) is 5.67. The van der Waals surface area contributed by atoms with Crippen LogP contribution in [-0.2, 0) is 9.53 Å². The minimum Gasteiger partial charge on any atom is -0.489 e. The van der Waals surface area contributed by atoms with Gasteiger partial charge in [-0.15, -0.1) is 0 Å². The molecule has 1 aliphatic heterocycles. The first-order valence-electron chi connectivity index (χ1n) is 2.26. The second-order valence-corrected chi connectivity index (χ2v) is 2.57. The maximum absolute atomic E-state index is 10.0. The van der Waals surface area contributed by atoms with Gasteiger partial charge in [0, 0.05) is 0 Å². The predicted molar refractivity (Wildman–Crippen MR) is 32.8 cm³/mol. The molecule has 0 radical (unpaired) electrons. The molecule has 0 bridgehead atoms. The highest BCUT2D eigenvalue weighted by Gasteiger charge is 2.19. The summed E-state index contributed by atoms with van der Waals surface area (Å²) in [6.45, 7) is 0. The van der Waals surface area contributed by atoms with Gasteiger partial charge in [-0.3, -0.25) is 4.79 Å². The van der Waals surface area contributed by atoms with E-state index in [1.807, 2.05) is 0 Å². The van der Waals surface area contributed by atoms with Crippen molar-refractivity contribution in [3.8, 4) is 0 Å². The number of hydrogen-bond acceptors (Lipinski definition) is 2. The fourth-order valence-corrected chi connectivity index (χ4v) is 0.877. The lowest BCUT2D eigenvalue weighted by molar-refractivity contribution is -0.114. The molecule has 2 atom stereocenters. The van der Waals surface area contributed by atoms with Crippen molar-refractivity contribution in [2.24, 2.45) is 0 Å². The van der Waals surface area contributed by atoms with Gasteiger partial charge in [0.25, 0.3) is 0 Å². The molecule has 0 aliphatic carbocycles. The van der Waals surface area contributed by atoms with Crippen molar-refractivity contribution in [2.75, 3.05) is 0 Å². The molecular formula is C5H5BrO2. The monoisotopic (exact) mass is 176 g/mol. The van der Waals surface area contributed by atoms with Crippen LogP contribution >= 0.6 is 15.9 Å². The molecule has 0 saturated carbocycles. The van der Waals surface area contributed by atoms with Crippen molar-refractivity contribution in [3.63, 3.8) is 0 Å². The van der Waals surface area contributed by atoms with Crippen molar-refractivity contribution in [1.82, 2.24) is 0 Å². The van der Waals surface area contributed by atoms with Gasteiger partial charge < -0.3 is 4.74 Å². The van der Waals surface area contributed by atoms with Gasteiger partial charge in [0.15, 0.2) is 12.4 Å². The molecule has 8 heavy (non-hydrogen) atoms. The number of aldehydes is 1. The molecule has 0 N–H and O–H groups in total. The van der Waals surface area contributed by atoms with Crippen LogP contribution in [-0.4, -0.2) is 17.2 Å². The molecule has 44 valence electrons. The van der Waals surface area contributed by atoms with Crippen LogP contribution in [0.1, 0.15) is 0 Å². The molecule has 0 spiro atoms. The summed E-state index contributed by atoms with van der Waals surface area (Å²) in [5, 5.41) is 0. The molecule has 0 amide bonds. The summed E-state index contributed by atoms with van der Waals surface area (Å²) in [5.41, 5.74) is 0. The summed E-state index contributed by atoms with van der Waals surface area (Å²) >= 11 is 3.22. The average Bonchev–Trinajstić information content (AvgIpc) is 2.14. The first-order valence-corrected chi connectivity index (χ1v) is 3.17. The van der Waals surface area contributed by atoms with Crippen LogP contribution in [0.5, 0.6) is 0 Å². The fraction of sp³-hybridized carbons (Fsp3) is 0.400. The summed E-state index contributed by atoms with van der Waals surface area (Å²) in [7, 11) is 0. The lowest BCUT2D eigenvalue weighted by Crippen LogP contribution is -2.16. The van der Waals surface area contributed by atoms with Gasteiger partial charge in [-0.25, -0.2) is 0 Å². The van der Waals surface area contributed by atoms with Crippen molar-refractivity contribution in [2.45, 2.75) is 10.9 Å². The molecule has 3 heteroatoms. The molecule has 0 aromatic carbocycles. The largest absolute Gasteiger partial charge is 0.489 e. The Labute approximate surface area is 55.6 Å². The highest BCUT2D eigenvalue weighted by molar-refractivity contribution is 9.09. The molecule has 1 aliphatic rings. The Morgan fingerprint density at radius 1 is 1.75 bits per heavy atom. The summed E-state index contributed by atoms with van der Waals surface area (Å²) in [4.78, 5) is 10.1. The van der Waals surface area contributed by atoms with Gasteiger partial charge in [-0.1, -0.05) is 15.9 Å². The second kappa shape index (κ2) is 2.31. The molecule has 0 fully saturated rings. The number of rotatable bonds is 1. The molecule has 2 unspecified atom stereocenters. The van der Waals surface area contributed by atoms with Crippen LogP contribution in [0, 0.1) is 0 Å². The fourth-order valence-electron chi connectivity index (χ4n) is 0.503. The van der Waals surface area contributed by atoms with Gasteiger partial charge >= 0.3 is 0 Å². The SMILES string of the molecule is O=CC1OC=CC1Br. The third-order valence-electron chi connectivity index (χ3n) is 0.946. The first-order chi connectivity index (χ1) is 3.84. The van der Waals surface area contributed by atoms with E-state index < -0.39 is 0 Å². The highest BCUT2D eigenvalue weighted by Crippen LogP contribution is 2.15.